The van der Waals surface area contributed by atoms with E-state index in [-0.39, 0.29) is 17.9 Å². The lowest BCUT2D eigenvalue weighted by atomic mass is 10.1. The molecule has 7 heteroatoms. The van der Waals surface area contributed by atoms with Gasteiger partial charge in [0.05, 0.1) is 5.88 Å². The molecule has 1 atom stereocenters. The number of nitrogens with zero attached hydrogens (tertiary/aromatic N) is 3. The quantitative estimate of drug-likeness (QED) is 0.754. The highest BCUT2D eigenvalue weighted by atomic mass is 32.2. The van der Waals surface area contributed by atoms with Crippen molar-refractivity contribution in [1.29, 1.82) is 0 Å². The van der Waals surface area contributed by atoms with E-state index in [4.69, 9.17) is 0 Å². The molecule has 2 saturated heterocycles. The lowest BCUT2D eigenvalue weighted by Crippen LogP contribution is -2.45. The standard InChI is InChI=1S/C21H32N4O2S/c1-3-4-20(26)25-16-28-15-19(25)21(27)22-18-7-5-17(6-8-18)9-10-24-13-11-23(2)12-14-24/h5-8,19H,3-4,9-16H2,1-2H3,(H,22,27). The molecule has 2 amide bonds. The number of thioether (sulfide) groups is 1. The van der Waals surface area contributed by atoms with Gasteiger partial charge in [0.15, 0.2) is 0 Å². The second-order valence-electron chi connectivity index (χ2n) is 7.71. The lowest BCUT2D eigenvalue weighted by Gasteiger charge is -2.32. The normalized spacial score (nSPS) is 21.1. The minimum atomic E-state index is -0.360. The van der Waals surface area contributed by atoms with Gasteiger partial charge < -0.3 is 20.0 Å². The van der Waals surface area contributed by atoms with Crippen molar-refractivity contribution in [3.8, 4) is 0 Å². The number of carbonyl (C=O) groups is 2. The molecule has 1 N–H and O–H groups in total. The van der Waals surface area contributed by atoms with Gasteiger partial charge in [-0.2, -0.15) is 0 Å². The van der Waals surface area contributed by atoms with E-state index in [1.807, 2.05) is 19.1 Å². The van der Waals surface area contributed by atoms with E-state index in [9.17, 15) is 9.59 Å². The predicted octanol–water partition coefficient (Wildman–Crippen LogP) is 2.12. The van der Waals surface area contributed by atoms with Crippen molar-refractivity contribution in [2.24, 2.45) is 0 Å². The molecule has 0 bridgehead atoms. The van der Waals surface area contributed by atoms with Crippen LogP contribution >= 0.6 is 11.8 Å². The SMILES string of the molecule is CCCC(=O)N1CSCC1C(=O)Nc1ccc(CCN2CCN(C)CC2)cc1. The molecular formula is C21H32N4O2S. The first-order valence-electron chi connectivity index (χ1n) is 10.2. The molecule has 2 fully saturated rings. The van der Waals surface area contributed by atoms with Gasteiger partial charge in [-0.3, -0.25) is 9.59 Å². The summed E-state index contributed by atoms with van der Waals surface area (Å²) < 4.78 is 0. The summed E-state index contributed by atoms with van der Waals surface area (Å²) in [5.74, 6) is 1.28. The Hall–Kier alpha value is -1.57. The maximum atomic E-state index is 12.6. The van der Waals surface area contributed by atoms with Crippen molar-refractivity contribution in [2.75, 3.05) is 56.7 Å². The van der Waals surface area contributed by atoms with Crippen LogP contribution in [0.1, 0.15) is 25.3 Å². The molecule has 0 saturated carbocycles. The van der Waals surface area contributed by atoms with Gasteiger partial charge in [0.1, 0.15) is 6.04 Å². The van der Waals surface area contributed by atoms with Crippen LogP contribution in [0, 0.1) is 0 Å². The Balaban J connectivity index is 1.48. The third kappa shape index (κ3) is 5.72. The molecule has 28 heavy (non-hydrogen) atoms. The Morgan fingerprint density at radius 1 is 1.14 bits per heavy atom. The van der Waals surface area contributed by atoms with Crippen LogP contribution in [-0.2, 0) is 16.0 Å². The van der Waals surface area contributed by atoms with Crippen LogP contribution in [0.3, 0.4) is 0 Å². The molecule has 6 nitrogen and oxygen atoms in total. The molecular weight excluding hydrogens is 372 g/mol. The fourth-order valence-corrected chi connectivity index (χ4v) is 4.78. The van der Waals surface area contributed by atoms with Crippen LogP contribution in [0.15, 0.2) is 24.3 Å². The summed E-state index contributed by atoms with van der Waals surface area (Å²) in [4.78, 5) is 31.4. The second kappa shape index (κ2) is 10.3. The Morgan fingerprint density at radius 2 is 1.86 bits per heavy atom. The summed E-state index contributed by atoms with van der Waals surface area (Å²) in [6.45, 7) is 7.62. The summed E-state index contributed by atoms with van der Waals surface area (Å²) in [7, 11) is 2.17. The summed E-state index contributed by atoms with van der Waals surface area (Å²) >= 11 is 1.64. The van der Waals surface area contributed by atoms with E-state index >= 15 is 0 Å². The number of hydrogen-bond acceptors (Lipinski definition) is 5. The molecule has 2 heterocycles. The average molecular weight is 405 g/mol. The van der Waals surface area contributed by atoms with Gasteiger partial charge in [-0.05, 0) is 37.6 Å². The first kappa shape index (κ1) is 21.1. The zero-order valence-electron chi connectivity index (χ0n) is 17.0. The smallest absolute Gasteiger partial charge is 0.248 e. The van der Waals surface area contributed by atoms with E-state index in [1.54, 1.807) is 16.7 Å². The number of carbonyl (C=O) groups excluding carboxylic acids is 2. The largest absolute Gasteiger partial charge is 0.324 e. The summed E-state index contributed by atoms with van der Waals surface area (Å²) in [5, 5.41) is 2.99. The number of rotatable bonds is 7. The molecule has 0 aliphatic carbocycles. The number of likely N-dealkylation sites (N-methyl/N-ethyl adjacent to an activating group) is 1. The summed E-state index contributed by atoms with van der Waals surface area (Å²) in [5.41, 5.74) is 2.08. The van der Waals surface area contributed by atoms with Gasteiger partial charge in [-0.15, -0.1) is 11.8 Å². The van der Waals surface area contributed by atoms with Crippen LogP contribution in [0.25, 0.3) is 0 Å². The molecule has 0 aromatic heterocycles. The predicted molar refractivity (Wildman–Crippen MR) is 116 cm³/mol. The molecule has 1 aromatic rings. The maximum absolute atomic E-state index is 12.6. The van der Waals surface area contributed by atoms with E-state index in [0.29, 0.717) is 18.1 Å². The monoisotopic (exact) mass is 404 g/mol. The summed E-state index contributed by atoms with van der Waals surface area (Å²) in [6, 6.07) is 7.76. The maximum Gasteiger partial charge on any atom is 0.248 e. The number of piperazine rings is 1. The average Bonchev–Trinajstić information content (AvgIpc) is 3.19. The fourth-order valence-electron chi connectivity index (χ4n) is 3.60. The molecule has 2 aliphatic heterocycles. The zero-order chi connectivity index (χ0) is 19.9. The van der Waals surface area contributed by atoms with Crippen LogP contribution in [-0.4, -0.2) is 84.0 Å². The number of hydrogen-bond donors (Lipinski definition) is 1. The molecule has 154 valence electrons. The van der Waals surface area contributed by atoms with Gasteiger partial charge in [-0.25, -0.2) is 0 Å². The van der Waals surface area contributed by atoms with Crippen molar-refractivity contribution < 1.29 is 9.59 Å². The Bertz CT molecular complexity index is 659. The van der Waals surface area contributed by atoms with Gasteiger partial charge in [0.2, 0.25) is 11.8 Å². The van der Waals surface area contributed by atoms with Gasteiger partial charge in [-0.1, -0.05) is 19.1 Å². The van der Waals surface area contributed by atoms with Crippen molar-refractivity contribution in [1.82, 2.24) is 14.7 Å². The minimum absolute atomic E-state index is 0.0758. The van der Waals surface area contributed by atoms with Crippen molar-refractivity contribution in [2.45, 2.75) is 32.2 Å². The second-order valence-corrected chi connectivity index (χ2v) is 8.71. The van der Waals surface area contributed by atoms with Crippen molar-refractivity contribution >= 4 is 29.3 Å². The lowest BCUT2D eigenvalue weighted by molar-refractivity contribution is -0.136. The van der Waals surface area contributed by atoms with Gasteiger partial charge in [0.25, 0.3) is 0 Å². The summed E-state index contributed by atoms with van der Waals surface area (Å²) in [6.07, 6.45) is 2.34. The Kier molecular flexibility index (Phi) is 7.76. The van der Waals surface area contributed by atoms with Crippen molar-refractivity contribution in [3.05, 3.63) is 29.8 Å². The van der Waals surface area contributed by atoms with E-state index in [0.717, 1.165) is 51.3 Å². The van der Waals surface area contributed by atoms with Crippen LogP contribution < -0.4 is 5.32 Å². The third-order valence-corrected chi connectivity index (χ3v) is 6.52. The number of amides is 2. The highest BCUT2D eigenvalue weighted by Crippen LogP contribution is 2.23. The topological polar surface area (TPSA) is 55.9 Å². The van der Waals surface area contributed by atoms with Crippen LogP contribution in [0.5, 0.6) is 0 Å². The molecule has 1 unspecified atom stereocenters. The molecule has 2 aliphatic rings. The molecule has 0 spiro atoms. The first-order valence-corrected chi connectivity index (χ1v) is 11.4. The van der Waals surface area contributed by atoms with Crippen LogP contribution in [0.2, 0.25) is 0 Å². The zero-order valence-corrected chi connectivity index (χ0v) is 17.8. The Labute approximate surface area is 172 Å². The van der Waals surface area contributed by atoms with E-state index in [1.165, 1.54) is 5.56 Å². The fraction of sp³-hybridized carbons (Fsp3) is 0.619. The van der Waals surface area contributed by atoms with E-state index < -0.39 is 0 Å². The van der Waals surface area contributed by atoms with Crippen LogP contribution in [0.4, 0.5) is 5.69 Å². The third-order valence-electron chi connectivity index (χ3n) is 5.50. The highest BCUT2D eigenvalue weighted by Gasteiger charge is 2.34. The number of benzene rings is 1. The molecule has 3 rings (SSSR count). The van der Waals surface area contributed by atoms with E-state index in [2.05, 4.69) is 34.3 Å². The van der Waals surface area contributed by atoms with Gasteiger partial charge >= 0.3 is 0 Å². The minimum Gasteiger partial charge on any atom is -0.324 e. The number of nitrogens with one attached hydrogen (secondary N) is 1. The highest BCUT2D eigenvalue weighted by molar-refractivity contribution is 7.99. The Morgan fingerprint density at radius 3 is 2.54 bits per heavy atom. The first-order chi connectivity index (χ1) is 13.6. The molecule has 1 aromatic carbocycles. The van der Waals surface area contributed by atoms with Crippen molar-refractivity contribution in [3.63, 3.8) is 0 Å². The van der Waals surface area contributed by atoms with Gasteiger partial charge in [0, 0.05) is 50.6 Å². The molecule has 0 radical (unpaired) electrons. The number of anilines is 1.